The molecule has 0 saturated carbocycles. The van der Waals surface area contributed by atoms with Crippen LogP contribution in [0.25, 0.3) is 0 Å². The van der Waals surface area contributed by atoms with Crippen LogP contribution >= 0.6 is 0 Å². The Bertz CT molecular complexity index is 1200. The zero-order valence-corrected chi connectivity index (χ0v) is 16.1. The van der Waals surface area contributed by atoms with Gasteiger partial charge >= 0.3 is 0 Å². The maximum Gasteiger partial charge on any atom is 0.261 e. The Hall–Kier alpha value is -3.39. The number of benzene rings is 2. The number of sulfonamides is 1. The summed E-state index contributed by atoms with van der Waals surface area (Å²) in [6.45, 7) is 3.75. The quantitative estimate of drug-likeness (QED) is 0.615. The van der Waals surface area contributed by atoms with E-state index in [1.807, 2.05) is 13.8 Å². The topological polar surface area (TPSA) is 108 Å². The maximum absolute atomic E-state index is 12.6. The summed E-state index contributed by atoms with van der Waals surface area (Å²) >= 11 is 0. The Morgan fingerprint density at radius 3 is 2.39 bits per heavy atom. The molecule has 7 nitrogen and oxygen atoms in total. The molecule has 0 unspecified atom stereocenters. The molecule has 1 amide bonds. The molecule has 0 spiro atoms. The summed E-state index contributed by atoms with van der Waals surface area (Å²) in [6.07, 6.45) is 1.43. The standard InChI is InChI=1S/C20H19N3O4S/c1-13-8-9-17(11-14(13)2)28(26,27)23-16-6-3-5-15(12-16)22-20(25)18-7-4-10-21-19(18)24/h3-12,23H,1-2H3,(H,21,24)(H,22,25). The first-order valence-electron chi connectivity index (χ1n) is 8.45. The van der Waals surface area contributed by atoms with Crippen molar-refractivity contribution in [3.8, 4) is 0 Å². The zero-order chi connectivity index (χ0) is 20.3. The minimum Gasteiger partial charge on any atom is -0.328 e. The summed E-state index contributed by atoms with van der Waals surface area (Å²) in [4.78, 5) is 26.5. The van der Waals surface area contributed by atoms with Gasteiger partial charge in [0, 0.05) is 11.9 Å². The Morgan fingerprint density at radius 1 is 0.929 bits per heavy atom. The average molecular weight is 397 g/mol. The fourth-order valence-corrected chi connectivity index (χ4v) is 3.69. The molecular formula is C20H19N3O4S. The van der Waals surface area contributed by atoms with Crippen molar-refractivity contribution >= 4 is 27.3 Å². The van der Waals surface area contributed by atoms with Gasteiger partial charge in [-0.1, -0.05) is 12.1 Å². The molecule has 0 aliphatic heterocycles. The van der Waals surface area contributed by atoms with Crippen molar-refractivity contribution in [3.63, 3.8) is 0 Å². The summed E-state index contributed by atoms with van der Waals surface area (Å²) in [5.41, 5.74) is 1.97. The number of aromatic nitrogens is 1. The lowest BCUT2D eigenvalue weighted by molar-refractivity contribution is 0.102. The molecule has 8 heteroatoms. The number of pyridine rings is 1. The lowest BCUT2D eigenvalue weighted by Crippen LogP contribution is -2.22. The zero-order valence-electron chi connectivity index (χ0n) is 15.3. The predicted octanol–water partition coefficient (Wildman–Crippen LogP) is 3.04. The summed E-state index contributed by atoms with van der Waals surface area (Å²) < 4.78 is 27.7. The highest BCUT2D eigenvalue weighted by Gasteiger charge is 2.16. The second-order valence-electron chi connectivity index (χ2n) is 6.30. The molecule has 1 heterocycles. The largest absolute Gasteiger partial charge is 0.328 e. The van der Waals surface area contributed by atoms with Gasteiger partial charge in [0.1, 0.15) is 5.56 Å². The van der Waals surface area contributed by atoms with Crippen molar-refractivity contribution in [3.05, 3.63) is 87.8 Å². The third kappa shape index (κ3) is 4.29. The molecule has 0 radical (unpaired) electrons. The van der Waals surface area contributed by atoms with Gasteiger partial charge in [0.15, 0.2) is 0 Å². The van der Waals surface area contributed by atoms with E-state index in [0.717, 1.165) is 11.1 Å². The van der Waals surface area contributed by atoms with Crippen molar-refractivity contribution in [1.29, 1.82) is 0 Å². The Kier molecular flexibility index (Phi) is 5.32. The molecule has 0 aliphatic carbocycles. The van der Waals surface area contributed by atoms with Gasteiger partial charge in [-0.05, 0) is 67.4 Å². The Morgan fingerprint density at radius 2 is 1.68 bits per heavy atom. The van der Waals surface area contributed by atoms with Crippen LogP contribution in [0, 0.1) is 13.8 Å². The number of carbonyl (C=O) groups excluding carboxylic acids is 1. The van der Waals surface area contributed by atoms with Gasteiger partial charge in [-0.2, -0.15) is 0 Å². The van der Waals surface area contributed by atoms with Gasteiger partial charge in [0.2, 0.25) is 0 Å². The summed E-state index contributed by atoms with van der Waals surface area (Å²) in [5, 5.41) is 2.59. The Balaban J connectivity index is 1.81. The van der Waals surface area contributed by atoms with Crippen LogP contribution < -0.4 is 15.6 Å². The summed E-state index contributed by atoms with van der Waals surface area (Å²) in [7, 11) is -3.77. The first-order chi connectivity index (χ1) is 13.3. The number of amides is 1. The number of anilines is 2. The lowest BCUT2D eigenvalue weighted by Gasteiger charge is -2.11. The number of hydrogen-bond acceptors (Lipinski definition) is 4. The second kappa shape index (κ2) is 7.69. The molecule has 2 aromatic carbocycles. The minimum atomic E-state index is -3.77. The molecule has 3 rings (SSSR count). The molecule has 0 fully saturated rings. The first kappa shape index (κ1) is 19.4. The molecule has 0 bridgehead atoms. The molecule has 144 valence electrons. The summed E-state index contributed by atoms with van der Waals surface area (Å²) in [6, 6.07) is 14.1. The number of hydrogen-bond donors (Lipinski definition) is 3. The van der Waals surface area contributed by atoms with E-state index in [1.165, 1.54) is 24.4 Å². The van der Waals surface area contributed by atoms with Gasteiger partial charge in [0.05, 0.1) is 10.6 Å². The number of H-pyrrole nitrogens is 1. The third-order valence-electron chi connectivity index (χ3n) is 4.22. The van der Waals surface area contributed by atoms with E-state index < -0.39 is 21.5 Å². The number of carbonyl (C=O) groups is 1. The molecule has 3 aromatic rings. The third-order valence-corrected chi connectivity index (χ3v) is 5.60. The van der Waals surface area contributed by atoms with E-state index >= 15 is 0 Å². The minimum absolute atomic E-state index is 0.0383. The van der Waals surface area contributed by atoms with E-state index in [4.69, 9.17) is 0 Å². The van der Waals surface area contributed by atoms with Crippen LogP contribution in [0.2, 0.25) is 0 Å². The highest BCUT2D eigenvalue weighted by atomic mass is 32.2. The molecule has 0 aliphatic rings. The highest BCUT2D eigenvalue weighted by molar-refractivity contribution is 7.92. The van der Waals surface area contributed by atoms with Crippen molar-refractivity contribution in [2.45, 2.75) is 18.7 Å². The van der Waals surface area contributed by atoms with E-state index in [-0.39, 0.29) is 16.1 Å². The van der Waals surface area contributed by atoms with Crippen LogP contribution in [0.4, 0.5) is 11.4 Å². The average Bonchev–Trinajstić information content (AvgIpc) is 2.64. The highest BCUT2D eigenvalue weighted by Crippen LogP contribution is 2.21. The van der Waals surface area contributed by atoms with Crippen LogP contribution in [0.15, 0.2) is 70.5 Å². The van der Waals surface area contributed by atoms with E-state index in [1.54, 1.807) is 36.4 Å². The molecule has 0 saturated heterocycles. The van der Waals surface area contributed by atoms with Crippen LogP contribution in [0.5, 0.6) is 0 Å². The molecule has 0 atom stereocenters. The smallest absolute Gasteiger partial charge is 0.261 e. The van der Waals surface area contributed by atoms with Crippen molar-refractivity contribution in [2.75, 3.05) is 10.0 Å². The van der Waals surface area contributed by atoms with E-state index in [2.05, 4.69) is 15.0 Å². The Labute approximate surface area is 162 Å². The number of aryl methyl sites for hydroxylation is 2. The number of rotatable bonds is 5. The van der Waals surface area contributed by atoms with Gasteiger partial charge in [0.25, 0.3) is 21.5 Å². The SMILES string of the molecule is Cc1ccc(S(=O)(=O)Nc2cccc(NC(=O)c3ccc[nH]c3=O)c2)cc1C. The predicted molar refractivity (Wildman–Crippen MR) is 108 cm³/mol. The van der Waals surface area contributed by atoms with Gasteiger partial charge < -0.3 is 10.3 Å². The molecule has 1 aromatic heterocycles. The first-order valence-corrected chi connectivity index (χ1v) is 9.94. The van der Waals surface area contributed by atoms with Crippen LogP contribution in [0.3, 0.4) is 0 Å². The fourth-order valence-electron chi connectivity index (χ4n) is 2.55. The van der Waals surface area contributed by atoms with E-state index in [0.29, 0.717) is 5.69 Å². The normalized spacial score (nSPS) is 11.1. The van der Waals surface area contributed by atoms with Crippen LogP contribution in [0.1, 0.15) is 21.5 Å². The second-order valence-corrected chi connectivity index (χ2v) is 7.98. The fraction of sp³-hybridized carbons (Fsp3) is 0.100. The van der Waals surface area contributed by atoms with E-state index in [9.17, 15) is 18.0 Å². The van der Waals surface area contributed by atoms with Crippen molar-refractivity contribution < 1.29 is 13.2 Å². The van der Waals surface area contributed by atoms with Gasteiger partial charge in [-0.3, -0.25) is 14.3 Å². The van der Waals surface area contributed by atoms with Gasteiger partial charge in [-0.15, -0.1) is 0 Å². The lowest BCUT2D eigenvalue weighted by atomic mass is 10.1. The number of aromatic amines is 1. The number of nitrogens with one attached hydrogen (secondary N) is 3. The molecular weight excluding hydrogens is 378 g/mol. The maximum atomic E-state index is 12.6. The van der Waals surface area contributed by atoms with Crippen molar-refractivity contribution in [1.82, 2.24) is 4.98 Å². The molecule has 28 heavy (non-hydrogen) atoms. The van der Waals surface area contributed by atoms with Crippen LogP contribution in [-0.2, 0) is 10.0 Å². The molecule has 3 N–H and O–H groups in total. The summed E-state index contributed by atoms with van der Waals surface area (Å²) in [5.74, 6) is -0.587. The monoisotopic (exact) mass is 397 g/mol. The van der Waals surface area contributed by atoms with Crippen molar-refractivity contribution in [2.24, 2.45) is 0 Å². The van der Waals surface area contributed by atoms with Crippen LogP contribution in [-0.4, -0.2) is 19.3 Å². The van der Waals surface area contributed by atoms with Gasteiger partial charge in [-0.25, -0.2) is 8.42 Å².